The molecule has 2 N–H and O–H groups in total. The first-order valence-corrected chi connectivity index (χ1v) is 8.19. The van der Waals surface area contributed by atoms with Gasteiger partial charge in [0.25, 0.3) is 0 Å². The van der Waals surface area contributed by atoms with Crippen LogP contribution in [-0.2, 0) is 11.2 Å². The number of anilines is 1. The molecule has 0 saturated carbocycles. The van der Waals surface area contributed by atoms with Gasteiger partial charge in [-0.15, -0.1) is 11.3 Å². The fourth-order valence-corrected chi connectivity index (χ4v) is 3.24. The van der Waals surface area contributed by atoms with E-state index in [1.807, 2.05) is 25.1 Å². The van der Waals surface area contributed by atoms with E-state index in [0.29, 0.717) is 18.7 Å². The number of carbonyl (C=O) groups is 1. The Morgan fingerprint density at radius 2 is 2.22 bits per heavy atom. The van der Waals surface area contributed by atoms with E-state index in [2.05, 4.69) is 25.7 Å². The molecular formula is C15H14ClN5OS. The highest BCUT2D eigenvalue weighted by Crippen LogP contribution is 2.25. The normalized spacial score (nSPS) is 10.7. The second-order valence-electron chi connectivity index (χ2n) is 4.96. The van der Waals surface area contributed by atoms with Crippen molar-refractivity contribution in [1.29, 1.82) is 0 Å². The van der Waals surface area contributed by atoms with Crippen molar-refractivity contribution in [3.05, 3.63) is 45.4 Å². The van der Waals surface area contributed by atoms with E-state index < -0.39 is 0 Å². The Kier molecular flexibility index (Phi) is 4.68. The van der Waals surface area contributed by atoms with Gasteiger partial charge in [0.1, 0.15) is 5.82 Å². The van der Waals surface area contributed by atoms with Crippen molar-refractivity contribution < 1.29 is 4.79 Å². The van der Waals surface area contributed by atoms with Crippen molar-refractivity contribution in [2.24, 2.45) is 0 Å². The molecule has 0 aromatic carbocycles. The van der Waals surface area contributed by atoms with Crippen molar-refractivity contribution in [1.82, 2.24) is 20.4 Å². The summed E-state index contributed by atoms with van der Waals surface area (Å²) in [4.78, 5) is 13.2. The van der Waals surface area contributed by atoms with E-state index in [4.69, 9.17) is 11.6 Å². The number of H-pyrrole nitrogens is 1. The largest absolute Gasteiger partial charge is 0.311 e. The molecule has 23 heavy (non-hydrogen) atoms. The van der Waals surface area contributed by atoms with Crippen LogP contribution in [0.5, 0.6) is 0 Å². The van der Waals surface area contributed by atoms with Crippen LogP contribution in [-0.4, -0.2) is 26.3 Å². The molecule has 0 saturated heterocycles. The van der Waals surface area contributed by atoms with Crippen LogP contribution < -0.4 is 5.32 Å². The fraction of sp³-hybridized carbons (Fsp3) is 0.200. The number of nitrogens with one attached hydrogen (secondary N) is 2. The molecule has 8 heteroatoms. The van der Waals surface area contributed by atoms with E-state index in [1.165, 1.54) is 11.3 Å². The van der Waals surface area contributed by atoms with Gasteiger partial charge in [-0.1, -0.05) is 11.6 Å². The predicted octanol–water partition coefficient (Wildman–Crippen LogP) is 3.46. The Balaban J connectivity index is 1.64. The SMILES string of the molecule is Cc1c(-c2ccnnc2)n[nH]c1NC(=O)CCc1ccc(Cl)s1. The first-order valence-electron chi connectivity index (χ1n) is 6.99. The van der Waals surface area contributed by atoms with Crippen LogP contribution in [0, 0.1) is 6.92 Å². The third kappa shape index (κ3) is 3.75. The zero-order chi connectivity index (χ0) is 16.2. The second kappa shape index (κ2) is 6.89. The van der Waals surface area contributed by atoms with Crippen LogP contribution in [0.15, 0.2) is 30.6 Å². The summed E-state index contributed by atoms with van der Waals surface area (Å²) in [6.07, 6.45) is 4.29. The first kappa shape index (κ1) is 15.6. The average Bonchev–Trinajstić information content (AvgIpc) is 3.13. The maximum absolute atomic E-state index is 12.1. The Bertz CT molecular complexity index is 814. The number of aryl methyl sites for hydroxylation is 1. The van der Waals surface area contributed by atoms with Gasteiger partial charge in [0.05, 0.1) is 22.4 Å². The molecule has 0 aliphatic carbocycles. The number of hydrogen-bond acceptors (Lipinski definition) is 5. The second-order valence-corrected chi connectivity index (χ2v) is 6.76. The van der Waals surface area contributed by atoms with Crippen molar-refractivity contribution >= 4 is 34.7 Å². The molecule has 0 radical (unpaired) electrons. The molecule has 0 unspecified atom stereocenters. The molecule has 3 aromatic rings. The van der Waals surface area contributed by atoms with Crippen LogP contribution in [0.4, 0.5) is 5.82 Å². The van der Waals surface area contributed by atoms with Gasteiger partial charge in [0, 0.05) is 22.4 Å². The number of carbonyl (C=O) groups excluding carboxylic acids is 1. The van der Waals surface area contributed by atoms with Gasteiger partial charge in [0.15, 0.2) is 0 Å². The van der Waals surface area contributed by atoms with Gasteiger partial charge >= 0.3 is 0 Å². The minimum atomic E-state index is -0.0688. The highest BCUT2D eigenvalue weighted by atomic mass is 35.5. The summed E-state index contributed by atoms with van der Waals surface area (Å²) in [5, 5.41) is 17.5. The molecule has 6 nitrogen and oxygen atoms in total. The summed E-state index contributed by atoms with van der Waals surface area (Å²) < 4.78 is 0.737. The highest BCUT2D eigenvalue weighted by molar-refractivity contribution is 7.16. The lowest BCUT2D eigenvalue weighted by Gasteiger charge is -2.03. The van der Waals surface area contributed by atoms with E-state index in [0.717, 1.165) is 26.0 Å². The van der Waals surface area contributed by atoms with Gasteiger partial charge in [-0.25, -0.2) is 0 Å². The topological polar surface area (TPSA) is 83.6 Å². The fourth-order valence-electron chi connectivity index (χ4n) is 2.16. The van der Waals surface area contributed by atoms with Crippen LogP contribution in [0.1, 0.15) is 16.9 Å². The molecule has 3 heterocycles. The lowest BCUT2D eigenvalue weighted by Crippen LogP contribution is -2.13. The first-order chi connectivity index (χ1) is 11.1. The van der Waals surface area contributed by atoms with Gasteiger partial charge < -0.3 is 5.32 Å². The maximum Gasteiger partial charge on any atom is 0.225 e. The zero-order valence-electron chi connectivity index (χ0n) is 12.3. The number of thiophene rings is 1. The summed E-state index contributed by atoms with van der Waals surface area (Å²) in [6.45, 7) is 1.90. The molecule has 3 rings (SSSR count). The smallest absolute Gasteiger partial charge is 0.225 e. The van der Waals surface area contributed by atoms with Gasteiger partial charge in [-0.05, 0) is 31.5 Å². The molecule has 0 atom stereocenters. The Morgan fingerprint density at radius 1 is 1.35 bits per heavy atom. The number of halogens is 1. The van der Waals surface area contributed by atoms with Crippen LogP contribution in [0.3, 0.4) is 0 Å². The molecule has 118 valence electrons. The third-order valence-corrected chi connectivity index (χ3v) is 4.65. The van der Waals surface area contributed by atoms with Crippen LogP contribution in [0.25, 0.3) is 11.3 Å². The molecule has 0 spiro atoms. The van der Waals surface area contributed by atoms with Crippen molar-refractivity contribution in [3.8, 4) is 11.3 Å². The van der Waals surface area contributed by atoms with E-state index >= 15 is 0 Å². The predicted molar refractivity (Wildman–Crippen MR) is 90.6 cm³/mol. The highest BCUT2D eigenvalue weighted by Gasteiger charge is 2.13. The van der Waals surface area contributed by atoms with Gasteiger partial charge in [-0.2, -0.15) is 15.3 Å². The van der Waals surface area contributed by atoms with Crippen molar-refractivity contribution in [3.63, 3.8) is 0 Å². The summed E-state index contributed by atoms with van der Waals surface area (Å²) in [5.74, 6) is 0.534. The number of aromatic amines is 1. The molecular weight excluding hydrogens is 334 g/mol. The lowest BCUT2D eigenvalue weighted by molar-refractivity contribution is -0.116. The average molecular weight is 348 g/mol. The Hall–Kier alpha value is -2.25. The summed E-state index contributed by atoms with van der Waals surface area (Å²) >= 11 is 7.38. The Labute approximate surface area is 141 Å². The molecule has 3 aromatic heterocycles. The zero-order valence-corrected chi connectivity index (χ0v) is 13.9. The quantitative estimate of drug-likeness (QED) is 0.740. The summed E-state index contributed by atoms with van der Waals surface area (Å²) in [7, 11) is 0. The van der Waals surface area contributed by atoms with E-state index in [1.54, 1.807) is 12.4 Å². The maximum atomic E-state index is 12.1. The monoisotopic (exact) mass is 347 g/mol. The number of amides is 1. The molecule has 0 fully saturated rings. The standard InChI is InChI=1S/C15H14ClN5OS/c1-9-14(10-6-7-17-18-8-10)20-21-15(9)19-13(22)5-3-11-2-4-12(16)23-11/h2,4,6-8H,3,5H2,1H3,(H2,19,20,21,22). The van der Waals surface area contributed by atoms with E-state index in [9.17, 15) is 4.79 Å². The minimum absolute atomic E-state index is 0.0688. The third-order valence-electron chi connectivity index (χ3n) is 3.36. The molecule has 0 bridgehead atoms. The molecule has 1 amide bonds. The van der Waals surface area contributed by atoms with Crippen molar-refractivity contribution in [2.75, 3.05) is 5.32 Å². The molecule has 0 aliphatic rings. The van der Waals surface area contributed by atoms with Crippen molar-refractivity contribution in [2.45, 2.75) is 19.8 Å². The number of hydrogen-bond donors (Lipinski definition) is 2. The molecule has 0 aliphatic heterocycles. The number of aromatic nitrogens is 4. The summed E-state index contributed by atoms with van der Waals surface area (Å²) in [6, 6.07) is 5.60. The number of nitrogens with zero attached hydrogens (tertiary/aromatic N) is 3. The number of rotatable bonds is 5. The van der Waals surface area contributed by atoms with Crippen LogP contribution >= 0.6 is 22.9 Å². The lowest BCUT2D eigenvalue weighted by atomic mass is 10.1. The van der Waals surface area contributed by atoms with E-state index in [-0.39, 0.29) is 5.91 Å². The van der Waals surface area contributed by atoms with Crippen LogP contribution in [0.2, 0.25) is 4.34 Å². The summed E-state index contributed by atoms with van der Waals surface area (Å²) in [5.41, 5.74) is 2.47. The van der Waals surface area contributed by atoms with Gasteiger partial charge in [-0.3, -0.25) is 9.89 Å². The van der Waals surface area contributed by atoms with Gasteiger partial charge in [0.2, 0.25) is 5.91 Å². The Morgan fingerprint density at radius 3 is 2.91 bits per heavy atom. The minimum Gasteiger partial charge on any atom is -0.311 e.